The minimum atomic E-state index is -1.59. The number of nitrogens with zero attached hydrogens (tertiary/aromatic N) is 1. The van der Waals surface area contributed by atoms with E-state index in [-0.39, 0.29) is 18.0 Å². The first-order valence-corrected chi connectivity index (χ1v) is 8.87. The van der Waals surface area contributed by atoms with Gasteiger partial charge in [-0.1, -0.05) is 42.5 Å². The fraction of sp³-hybridized carbons (Fsp3) is 0.143. The molecule has 0 saturated heterocycles. The van der Waals surface area contributed by atoms with E-state index < -0.39 is 23.7 Å². The molecule has 3 rings (SSSR count). The lowest BCUT2D eigenvalue weighted by molar-refractivity contribution is -0.145. The minimum absolute atomic E-state index is 0.0120. The molecule has 1 heterocycles. The number of hydrogen-bond donors (Lipinski definition) is 3. The van der Waals surface area contributed by atoms with Gasteiger partial charge in [0.1, 0.15) is 18.0 Å². The van der Waals surface area contributed by atoms with Crippen LogP contribution in [0.2, 0.25) is 0 Å². The van der Waals surface area contributed by atoms with Crippen molar-refractivity contribution in [3.05, 3.63) is 83.4 Å². The first-order valence-electron chi connectivity index (χ1n) is 8.87. The van der Waals surface area contributed by atoms with E-state index in [4.69, 9.17) is 10.5 Å². The van der Waals surface area contributed by atoms with Gasteiger partial charge in [-0.2, -0.15) is 0 Å². The number of ketones is 1. The van der Waals surface area contributed by atoms with Gasteiger partial charge in [-0.05, 0) is 30.2 Å². The molecule has 29 heavy (non-hydrogen) atoms. The summed E-state index contributed by atoms with van der Waals surface area (Å²) in [5.74, 6) is -2.27. The predicted molar refractivity (Wildman–Crippen MR) is 106 cm³/mol. The normalized spacial score (nSPS) is 11.5. The van der Waals surface area contributed by atoms with Crippen molar-refractivity contribution in [2.75, 3.05) is 5.32 Å². The second-order valence-corrected chi connectivity index (χ2v) is 6.38. The average Bonchev–Trinajstić information content (AvgIpc) is 3.21. The zero-order chi connectivity index (χ0) is 20.8. The minimum Gasteiger partial charge on any atom is -0.459 e. The molecule has 1 atom stereocenters. The number of ether oxygens (including phenoxy) is 1. The van der Waals surface area contributed by atoms with Crippen molar-refractivity contribution in [3.63, 3.8) is 0 Å². The third kappa shape index (κ3) is 4.94. The molecule has 0 bridgehead atoms. The number of carbonyl (C=O) groups excluding carboxylic acids is 3. The SMILES string of the molecule is Cc1cccc(NC(=O)c2[nH]cnc2C(=O)C(N)C(=O)OCc2ccccc2)c1. The van der Waals surface area contributed by atoms with E-state index in [2.05, 4.69) is 15.3 Å². The zero-order valence-electron chi connectivity index (χ0n) is 15.7. The Morgan fingerprint density at radius 3 is 2.62 bits per heavy atom. The molecule has 1 unspecified atom stereocenters. The van der Waals surface area contributed by atoms with Crippen LogP contribution >= 0.6 is 0 Å². The highest BCUT2D eigenvalue weighted by molar-refractivity contribution is 6.16. The Balaban J connectivity index is 1.67. The average molecular weight is 392 g/mol. The molecule has 3 aromatic rings. The number of Topliss-reactive ketones (excluding diaryl/α,β-unsaturated/α-hetero) is 1. The Morgan fingerprint density at radius 1 is 1.14 bits per heavy atom. The van der Waals surface area contributed by atoms with Gasteiger partial charge in [0.05, 0.1) is 6.33 Å². The lowest BCUT2D eigenvalue weighted by Gasteiger charge is -2.11. The van der Waals surface area contributed by atoms with Gasteiger partial charge in [-0.3, -0.25) is 9.59 Å². The molecular formula is C21H20N4O4. The highest BCUT2D eigenvalue weighted by atomic mass is 16.5. The number of aromatic amines is 1. The number of imidazole rings is 1. The van der Waals surface area contributed by atoms with Crippen molar-refractivity contribution >= 4 is 23.3 Å². The van der Waals surface area contributed by atoms with Crippen LogP contribution < -0.4 is 11.1 Å². The van der Waals surface area contributed by atoms with E-state index in [1.807, 2.05) is 19.1 Å². The van der Waals surface area contributed by atoms with Crippen LogP contribution in [0.1, 0.15) is 32.1 Å². The van der Waals surface area contributed by atoms with Crippen LogP contribution in [-0.4, -0.2) is 33.7 Å². The summed E-state index contributed by atoms with van der Waals surface area (Å²) in [6.07, 6.45) is 1.19. The highest BCUT2D eigenvalue weighted by Crippen LogP contribution is 2.13. The van der Waals surface area contributed by atoms with Crippen LogP contribution in [0.25, 0.3) is 0 Å². The van der Waals surface area contributed by atoms with Crippen LogP contribution in [0.3, 0.4) is 0 Å². The van der Waals surface area contributed by atoms with Gasteiger partial charge >= 0.3 is 5.97 Å². The van der Waals surface area contributed by atoms with E-state index in [1.54, 1.807) is 42.5 Å². The van der Waals surface area contributed by atoms with Gasteiger partial charge in [-0.15, -0.1) is 0 Å². The molecule has 2 aromatic carbocycles. The summed E-state index contributed by atoms with van der Waals surface area (Å²) in [4.78, 5) is 43.8. The van der Waals surface area contributed by atoms with Crippen molar-refractivity contribution in [1.82, 2.24) is 9.97 Å². The molecule has 4 N–H and O–H groups in total. The number of H-pyrrole nitrogens is 1. The molecule has 0 fully saturated rings. The maximum atomic E-state index is 12.6. The molecule has 148 valence electrons. The smallest absolute Gasteiger partial charge is 0.331 e. The molecule has 0 aliphatic heterocycles. The Morgan fingerprint density at radius 2 is 1.90 bits per heavy atom. The second kappa shape index (κ2) is 8.94. The third-order valence-corrected chi connectivity index (χ3v) is 4.14. The zero-order valence-corrected chi connectivity index (χ0v) is 15.7. The summed E-state index contributed by atoms with van der Waals surface area (Å²) in [5, 5.41) is 2.68. The number of benzene rings is 2. The van der Waals surface area contributed by atoms with Gasteiger partial charge in [0, 0.05) is 5.69 Å². The quantitative estimate of drug-likeness (QED) is 0.321. The van der Waals surface area contributed by atoms with Gasteiger partial charge in [0.25, 0.3) is 5.91 Å². The third-order valence-electron chi connectivity index (χ3n) is 4.14. The topological polar surface area (TPSA) is 127 Å². The highest BCUT2D eigenvalue weighted by Gasteiger charge is 2.30. The number of amides is 1. The summed E-state index contributed by atoms with van der Waals surface area (Å²) in [7, 11) is 0. The lowest BCUT2D eigenvalue weighted by atomic mass is 10.1. The van der Waals surface area contributed by atoms with Crippen LogP contribution in [0.4, 0.5) is 5.69 Å². The van der Waals surface area contributed by atoms with Crippen molar-refractivity contribution in [1.29, 1.82) is 0 Å². The van der Waals surface area contributed by atoms with Gasteiger partial charge < -0.3 is 20.8 Å². The molecule has 8 nitrogen and oxygen atoms in total. The van der Waals surface area contributed by atoms with E-state index in [0.29, 0.717) is 5.69 Å². The number of rotatable bonds is 7. The summed E-state index contributed by atoms with van der Waals surface area (Å²) in [5.41, 5.74) is 7.74. The number of carbonyl (C=O) groups is 3. The number of esters is 1. The molecule has 1 aromatic heterocycles. The standard InChI is InChI=1S/C21H20N4O4/c1-13-6-5-9-15(10-13)25-20(27)18-17(23-12-24-18)19(26)16(22)21(28)29-11-14-7-3-2-4-8-14/h2-10,12,16H,11,22H2,1H3,(H,23,24)(H,25,27). The molecule has 0 radical (unpaired) electrons. The molecule has 0 aliphatic carbocycles. The van der Waals surface area contributed by atoms with E-state index >= 15 is 0 Å². The Kier molecular flexibility index (Phi) is 6.16. The van der Waals surface area contributed by atoms with Gasteiger partial charge in [0.15, 0.2) is 6.04 Å². The second-order valence-electron chi connectivity index (χ2n) is 6.38. The first kappa shape index (κ1) is 20.0. The van der Waals surface area contributed by atoms with Gasteiger partial charge in [-0.25, -0.2) is 9.78 Å². The molecule has 0 spiro atoms. The summed E-state index contributed by atoms with van der Waals surface area (Å²) in [6, 6.07) is 14.6. The van der Waals surface area contributed by atoms with Crippen LogP contribution in [0, 0.1) is 6.92 Å². The van der Waals surface area contributed by atoms with Crippen molar-refractivity contribution < 1.29 is 19.1 Å². The number of aryl methyl sites for hydroxylation is 1. The number of nitrogens with two attached hydrogens (primary N) is 1. The molecule has 0 aliphatic rings. The lowest BCUT2D eigenvalue weighted by Crippen LogP contribution is -2.40. The Labute approximate surface area is 167 Å². The Bertz CT molecular complexity index is 1030. The van der Waals surface area contributed by atoms with Gasteiger partial charge in [0.2, 0.25) is 5.78 Å². The summed E-state index contributed by atoms with van der Waals surface area (Å²) >= 11 is 0. The fourth-order valence-electron chi connectivity index (χ4n) is 2.64. The first-order chi connectivity index (χ1) is 14.0. The fourth-order valence-corrected chi connectivity index (χ4v) is 2.64. The molecule has 8 heteroatoms. The number of nitrogens with one attached hydrogen (secondary N) is 2. The number of hydrogen-bond acceptors (Lipinski definition) is 6. The number of aromatic nitrogens is 2. The van der Waals surface area contributed by atoms with E-state index in [1.165, 1.54) is 6.33 Å². The van der Waals surface area contributed by atoms with Crippen LogP contribution in [-0.2, 0) is 16.1 Å². The predicted octanol–water partition coefficient (Wildman–Crippen LogP) is 2.22. The van der Waals surface area contributed by atoms with Crippen molar-refractivity contribution in [3.8, 4) is 0 Å². The molecular weight excluding hydrogens is 372 g/mol. The van der Waals surface area contributed by atoms with Crippen LogP contribution in [0.5, 0.6) is 0 Å². The molecule has 0 saturated carbocycles. The largest absolute Gasteiger partial charge is 0.459 e. The number of anilines is 1. The summed E-state index contributed by atoms with van der Waals surface area (Å²) in [6.45, 7) is 1.88. The summed E-state index contributed by atoms with van der Waals surface area (Å²) < 4.78 is 5.09. The maximum Gasteiger partial charge on any atom is 0.331 e. The van der Waals surface area contributed by atoms with E-state index in [9.17, 15) is 14.4 Å². The molecule has 1 amide bonds. The van der Waals surface area contributed by atoms with Crippen LogP contribution in [0.15, 0.2) is 60.9 Å². The van der Waals surface area contributed by atoms with E-state index in [0.717, 1.165) is 11.1 Å². The maximum absolute atomic E-state index is 12.6. The van der Waals surface area contributed by atoms with Crippen molar-refractivity contribution in [2.45, 2.75) is 19.6 Å². The monoisotopic (exact) mass is 392 g/mol. The Hall–Kier alpha value is -3.78. The van der Waals surface area contributed by atoms with Crippen molar-refractivity contribution in [2.24, 2.45) is 5.73 Å².